The highest BCUT2D eigenvalue weighted by Gasteiger charge is 2.21. The van der Waals surface area contributed by atoms with Gasteiger partial charge >= 0.3 is 0 Å². The standard InChI is InChI=1S/C31H24N4S/c1-3-6-23-13-14-24-15-17-27(34-31(24)30(23)32)22-11-9-21(10-12-22)25-16-18-29-33-20(2)26-7-4-5-8-28(26)36-35(29)19-25/h3-19H,2,32H2,1H3/b6-3-. The number of allylic oxidation sites excluding steroid dienone is 3. The number of amidine groups is 1. The number of nitrogens with zero attached hydrogens (tertiary/aromatic N) is 3. The molecule has 2 aliphatic heterocycles. The fourth-order valence-electron chi connectivity index (χ4n) is 4.44. The van der Waals surface area contributed by atoms with E-state index in [-0.39, 0.29) is 0 Å². The van der Waals surface area contributed by atoms with Gasteiger partial charge in [-0.05, 0) is 59.9 Å². The maximum Gasteiger partial charge on any atom is 0.143 e. The largest absolute Gasteiger partial charge is 0.396 e. The number of anilines is 1. The van der Waals surface area contributed by atoms with Gasteiger partial charge in [0.1, 0.15) is 5.84 Å². The van der Waals surface area contributed by atoms with Gasteiger partial charge < -0.3 is 5.73 Å². The van der Waals surface area contributed by atoms with Crippen LogP contribution in [0, 0.1) is 0 Å². The predicted molar refractivity (Wildman–Crippen MR) is 154 cm³/mol. The molecule has 0 bridgehead atoms. The number of rotatable bonds is 3. The third-order valence-corrected chi connectivity index (χ3v) is 7.38. The molecule has 1 aromatic heterocycles. The van der Waals surface area contributed by atoms with E-state index in [1.807, 2.05) is 49.4 Å². The molecule has 2 aliphatic rings. The molecule has 4 nitrogen and oxygen atoms in total. The third kappa shape index (κ3) is 3.93. The Balaban J connectivity index is 1.31. The van der Waals surface area contributed by atoms with Crippen molar-refractivity contribution >= 4 is 51.7 Å². The molecule has 0 atom stereocenters. The molecule has 0 fully saturated rings. The summed E-state index contributed by atoms with van der Waals surface area (Å²) in [5.74, 6) is 0.872. The molecule has 3 aromatic carbocycles. The van der Waals surface area contributed by atoms with Gasteiger partial charge in [-0.25, -0.2) is 9.98 Å². The second-order valence-electron chi connectivity index (χ2n) is 8.66. The van der Waals surface area contributed by atoms with Crippen LogP contribution in [-0.2, 0) is 0 Å². The minimum Gasteiger partial charge on any atom is -0.396 e. The van der Waals surface area contributed by atoms with Crippen LogP contribution in [0.3, 0.4) is 0 Å². The van der Waals surface area contributed by atoms with Crippen molar-refractivity contribution in [3.63, 3.8) is 0 Å². The zero-order chi connectivity index (χ0) is 24.6. The van der Waals surface area contributed by atoms with Crippen molar-refractivity contribution in [3.8, 4) is 11.3 Å². The summed E-state index contributed by atoms with van der Waals surface area (Å²) >= 11 is 1.66. The number of pyridine rings is 1. The number of aromatic nitrogens is 1. The van der Waals surface area contributed by atoms with Crippen molar-refractivity contribution in [2.24, 2.45) is 4.99 Å². The van der Waals surface area contributed by atoms with E-state index in [0.717, 1.165) is 60.9 Å². The van der Waals surface area contributed by atoms with E-state index in [4.69, 9.17) is 15.7 Å². The molecule has 36 heavy (non-hydrogen) atoms. The fraction of sp³-hybridized carbons (Fsp3) is 0.0323. The maximum atomic E-state index is 6.43. The first-order valence-electron chi connectivity index (χ1n) is 11.8. The highest BCUT2D eigenvalue weighted by molar-refractivity contribution is 7.97. The van der Waals surface area contributed by atoms with Crippen LogP contribution in [0.1, 0.15) is 23.6 Å². The molecular formula is C31H24N4S. The van der Waals surface area contributed by atoms with E-state index >= 15 is 0 Å². The first kappa shape index (κ1) is 22.1. The second kappa shape index (κ2) is 9.02. The first-order chi connectivity index (χ1) is 17.6. The van der Waals surface area contributed by atoms with Crippen molar-refractivity contribution in [3.05, 3.63) is 120 Å². The minimum atomic E-state index is 0.707. The summed E-state index contributed by atoms with van der Waals surface area (Å²) in [6.45, 7) is 6.15. The number of benzene rings is 3. The minimum absolute atomic E-state index is 0.707. The Morgan fingerprint density at radius 2 is 1.69 bits per heavy atom. The topological polar surface area (TPSA) is 54.5 Å². The quantitative estimate of drug-likeness (QED) is 0.238. The number of aliphatic imine (C=N–C) groups is 1. The van der Waals surface area contributed by atoms with Crippen molar-refractivity contribution in [1.29, 1.82) is 0 Å². The van der Waals surface area contributed by atoms with Gasteiger partial charge in [-0.15, -0.1) is 0 Å². The lowest BCUT2D eigenvalue weighted by Crippen LogP contribution is -2.18. The first-order valence-corrected chi connectivity index (χ1v) is 12.5. The fourth-order valence-corrected chi connectivity index (χ4v) is 5.44. The predicted octanol–water partition coefficient (Wildman–Crippen LogP) is 7.82. The van der Waals surface area contributed by atoms with Gasteiger partial charge in [-0.2, -0.15) is 0 Å². The Kier molecular flexibility index (Phi) is 5.55. The number of fused-ring (bicyclic) bond motifs is 3. The normalized spacial score (nSPS) is 14.9. The van der Waals surface area contributed by atoms with E-state index in [1.165, 1.54) is 0 Å². The smallest absolute Gasteiger partial charge is 0.143 e. The van der Waals surface area contributed by atoms with Crippen molar-refractivity contribution in [2.45, 2.75) is 11.8 Å². The van der Waals surface area contributed by atoms with Crippen molar-refractivity contribution in [2.75, 3.05) is 5.73 Å². The van der Waals surface area contributed by atoms with Gasteiger partial charge in [-0.1, -0.05) is 79.4 Å². The Morgan fingerprint density at radius 1 is 0.917 bits per heavy atom. The Bertz CT molecular complexity index is 1640. The van der Waals surface area contributed by atoms with E-state index in [9.17, 15) is 0 Å². The molecule has 0 saturated carbocycles. The summed E-state index contributed by atoms with van der Waals surface area (Å²) in [6.07, 6.45) is 10.3. The van der Waals surface area contributed by atoms with Gasteiger partial charge in [0.05, 0.1) is 22.6 Å². The maximum absolute atomic E-state index is 6.43. The van der Waals surface area contributed by atoms with Crippen LogP contribution in [-0.4, -0.2) is 15.1 Å². The Morgan fingerprint density at radius 3 is 2.53 bits per heavy atom. The Hall–Kier alpha value is -4.35. The van der Waals surface area contributed by atoms with Gasteiger partial charge in [0.15, 0.2) is 0 Å². The average molecular weight is 485 g/mol. The molecule has 4 aromatic rings. The Labute approximate surface area is 215 Å². The lowest BCUT2D eigenvalue weighted by molar-refractivity contribution is 0.932. The van der Waals surface area contributed by atoms with Crippen LogP contribution in [0.4, 0.5) is 5.69 Å². The summed E-state index contributed by atoms with van der Waals surface area (Å²) in [5, 5.41) is 1.04. The second-order valence-corrected chi connectivity index (χ2v) is 9.68. The molecule has 0 aliphatic carbocycles. The van der Waals surface area contributed by atoms with Gasteiger partial charge in [0.2, 0.25) is 0 Å². The molecule has 0 spiro atoms. The monoisotopic (exact) mass is 484 g/mol. The van der Waals surface area contributed by atoms with Crippen molar-refractivity contribution in [1.82, 2.24) is 9.29 Å². The molecular weight excluding hydrogens is 460 g/mol. The van der Waals surface area contributed by atoms with E-state index < -0.39 is 0 Å². The van der Waals surface area contributed by atoms with E-state index in [2.05, 4.69) is 71.7 Å². The molecule has 5 heteroatoms. The summed E-state index contributed by atoms with van der Waals surface area (Å²) in [7, 11) is 0. The molecule has 0 saturated heterocycles. The zero-order valence-electron chi connectivity index (χ0n) is 19.8. The highest BCUT2D eigenvalue weighted by atomic mass is 32.2. The summed E-state index contributed by atoms with van der Waals surface area (Å²) in [5.41, 5.74) is 15.0. The summed E-state index contributed by atoms with van der Waals surface area (Å²) in [6, 6.07) is 25.0. The SMILES string of the molecule is C=C1N=C2C=CC(c3ccc(-c4ccc5ccc(/C=C\C)c(N)c5n4)cc3)=CN2Sc2ccccc21. The van der Waals surface area contributed by atoms with Crippen LogP contribution in [0.2, 0.25) is 0 Å². The van der Waals surface area contributed by atoms with Gasteiger partial charge in [-0.3, -0.25) is 4.31 Å². The highest BCUT2D eigenvalue weighted by Crippen LogP contribution is 2.38. The summed E-state index contributed by atoms with van der Waals surface area (Å²) in [4.78, 5) is 10.8. The molecule has 3 heterocycles. The third-order valence-electron chi connectivity index (χ3n) is 6.33. The zero-order valence-corrected chi connectivity index (χ0v) is 20.7. The molecule has 6 rings (SSSR count). The number of hydrogen-bond acceptors (Lipinski definition) is 5. The van der Waals surface area contributed by atoms with E-state index in [0.29, 0.717) is 5.69 Å². The summed E-state index contributed by atoms with van der Waals surface area (Å²) < 4.78 is 2.11. The number of hydrogen-bond donors (Lipinski definition) is 1. The van der Waals surface area contributed by atoms with Crippen LogP contribution in [0.25, 0.3) is 39.5 Å². The van der Waals surface area contributed by atoms with Crippen LogP contribution < -0.4 is 5.73 Å². The van der Waals surface area contributed by atoms with Gasteiger partial charge in [0.25, 0.3) is 0 Å². The lowest BCUT2D eigenvalue weighted by Gasteiger charge is -2.22. The van der Waals surface area contributed by atoms with Crippen LogP contribution in [0.5, 0.6) is 0 Å². The molecule has 0 unspecified atom stereocenters. The number of nitrogens with two attached hydrogens (primary N) is 1. The van der Waals surface area contributed by atoms with Gasteiger partial charge in [0, 0.05) is 27.6 Å². The van der Waals surface area contributed by atoms with Crippen molar-refractivity contribution < 1.29 is 0 Å². The van der Waals surface area contributed by atoms with E-state index in [1.54, 1.807) is 11.9 Å². The molecule has 174 valence electrons. The molecule has 0 amide bonds. The molecule has 0 radical (unpaired) electrons. The average Bonchev–Trinajstić information content (AvgIpc) is 3.05. The lowest BCUT2D eigenvalue weighted by atomic mass is 10.0. The van der Waals surface area contributed by atoms with Crippen LogP contribution in [0.15, 0.2) is 114 Å². The molecule has 2 N–H and O–H groups in total. The van der Waals surface area contributed by atoms with Crippen LogP contribution >= 0.6 is 11.9 Å². The number of nitrogen functional groups attached to an aromatic ring is 1.